The van der Waals surface area contributed by atoms with E-state index in [1.807, 2.05) is 6.07 Å². The molecule has 34 heavy (non-hydrogen) atoms. The Kier molecular flexibility index (Phi) is 5.55. The van der Waals surface area contributed by atoms with Crippen LogP contribution in [0, 0.1) is 0 Å². The third-order valence-corrected chi connectivity index (χ3v) is 6.81. The molecule has 1 amide bonds. The quantitative estimate of drug-likeness (QED) is 0.346. The first-order chi connectivity index (χ1) is 16.1. The van der Waals surface area contributed by atoms with Gasteiger partial charge >= 0.3 is 0 Å². The Hall–Kier alpha value is -3.06. The maximum absolute atomic E-state index is 12.9. The molecule has 12 heteroatoms. The van der Waals surface area contributed by atoms with Crippen LogP contribution < -0.4 is 11.1 Å². The smallest absolute Gasteiger partial charge is 0.252 e. The molecule has 5 rings (SSSR count). The van der Waals surface area contributed by atoms with Crippen LogP contribution in [0.5, 0.6) is 0 Å². The molecule has 1 aliphatic heterocycles. The summed E-state index contributed by atoms with van der Waals surface area (Å²) >= 11 is 0. The summed E-state index contributed by atoms with van der Waals surface area (Å²) in [5.41, 5.74) is 7.07. The van der Waals surface area contributed by atoms with Crippen molar-refractivity contribution in [2.24, 2.45) is 7.05 Å². The van der Waals surface area contributed by atoms with Gasteiger partial charge in [0.2, 0.25) is 0 Å². The van der Waals surface area contributed by atoms with Crippen LogP contribution in [-0.4, -0.2) is 75.5 Å². The van der Waals surface area contributed by atoms with Crippen molar-refractivity contribution in [2.75, 3.05) is 5.73 Å². The van der Waals surface area contributed by atoms with Gasteiger partial charge in [-0.05, 0) is 38.7 Å². The van der Waals surface area contributed by atoms with E-state index in [-0.39, 0.29) is 11.9 Å². The van der Waals surface area contributed by atoms with Crippen molar-refractivity contribution >= 4 is 22.8 Å². The van der Waals surface area contributed by atoms with Crippen molar-refractivity contribution in [3.8, 4) is 11.3 Å². The second-order valence-electron chi connectivity index (χ2n) is 9.49. The molecule has 2 aliphatic rings. The monoisotopic (exact) mass is 471 g/mol. The van der Waals surface area contributed by atoms with E-state index in [0.717, 1.165) is 0 Å². The summed E-state index contributed by atoms with van der Waals surface area (Å²) in [7, 11) is 1.79. The lowest BCUT2D eigenvalue weighted by Crippen LogP contribution is -2.48. The van der Waals surface area contributed by atoms with Crippen molar-refractivity contribution in [1.29, 1.82) is 0 Å². The Bertz CT molecular complexity index is 1210. The minimum absolute atomic E-state index is 0.129. The van der Waals surface area contributed by atoms with Crippen LogP contribution in [0.4, 0.5) is 5.82 Å². The average molecular weight is 472 g/mol. The molecule has 1 aliphatic carbocycles. The molecule has 6 N–H and O–H groups in total. The van der Waals surface area contributed by atoms with Crippen LogP contribution >= 0.6 is 0 Å². The number of hydrogen-bond acceptors (Lipinski definition) is 9. The molecule has 4 atom stereocenters. The molecule has 1 saturated heterocycles. The molecule has 182 valence electrons. The summed E-state index contributed by atoms with van der Waals surface area (Å²) in [6.07, 6.45) is 2.00. The molecule has 1 saturated carbocycles. The number of anilines is 1. The second-order valence-corrected chi connectivity index (χ2v) is 9.49. The van der Waals surface area contributed by atoms with Gasteiger partial charge in [-0.25, -0.2) is 9.97 Å². The first kappa shape index (κ1) is 22.7. The number of aliphatic hydroxyl groups is 3. The fourth-order valence-corrected chi connectivity index (χ4v) is 4.83. The summed E-state index contributed by atoms with van der Waals surface area (Å²) in [4.78, 5) is 21.3. The number of nitrogen functional groups attached to an aromatic ring is 1. The van der Waals surface area contributed by atoms with E-state index in [4.69, 9.17) is 10.5 Å². The lowest BCUT2D eigenvalue weighted by molar-refractivity contribution is -0.139. The van der Waals surface area contributed by atoms with Gasteiger partial charge in [-0.2, -0.15) is 5.10 Å². The standard InChI is InChI=1S/C22H29N7O5/c1-22(33)6-3-11(4-7-22)26-20(32)17-15(30)16(31)21(34-17)29-9-12(13-5-8-28(2)27-13)14-18(23)24-10-25-19(14)29/h5,8-11,15-17,21,30-31,33H,3-4,6-7H2,1-2H3,(H,26,32)(H2,23,24,25)/t11?,15-,16+,17-,21+,22?/m0/s1. The highest BCUT2D eigenvalue weighted by Crippen LogP contribution is 2.38. The van der Waals surface area contributed by atoms with Gasteiger partial charge < -0.3 is 35.7 Å². The minimum atomic E-state index is -1.44. The molecule has 0 aromatic carbocycles. The number of amides is 1. The van der Waals surface area contributed by atoms with E-state index in [1.165, 1.54) is 6.33 Å². The van der Waals surface area contributed by atoms with E-state index in [0.29, 0.717) is 48.0 Å². The summed E-state index contributed by atoms with van der Waals surface area (Å²) in [6, 6.07) is 1.68. The van der Waals surface area contributed by atoms with E-state index in [9.17, 15) is 20.1 Å². The van der Waals surface area contributed by atoms with Gasteiger partial charge in [0, 0.05) is 31.0 Å². The third-order valence-electron chi connectivity index (χ3n) is 6.81. The van der Waals surface area contributed by atoms with E-state index >= 15 is 0 Å². The third kappa shape index (κ3) is 3.92. The van der Waals surface area contributed by atoms with Gasteiger partial charge in [0.15, 0.2) is 12.3 Å². The lowest BCUT2D eigenvalue weighted by Gasteiger charge is -2.33. The summed E-state index contributed by atoms with van der Waals surface area (Å²) < 4.78 is 9.09. The van der Waals surface area contributed by atoms with Gasteiger partial charge in [-0.1, -0.05) is 0 Å². The first-order valence-electron chi connectivity index (χ1n) is 11.3. The number of carbonyl (C=O) groups excluding carboxylic acids is 1. The SMILES string of the molecule is Cn1ccc(-c2cn([C@@H]3O[C@H](C(=O)NC4CCC(C)(O)CC4)[C@@H](O)[C@H]3O)c3ncnc(N)c23)n1. The molecule has 12 nitrogen and oxygen atoms in total. The summed E-state index contributed by atoms with van der Waals surface area (Å²) in [5, 5.41) is 39.5. The zero-order valence-corrected chi connectivity index (χ0v) is 19.0. The Morgan fingerprint density at radius 2 is 2.00 bits per heavy atom. The Labute approximate surface area is 195 Å². The highest BCUT2D eigenvalue weighted by Gasteiger charge is 2.48. The molecule has 4 heterocycles. The number of nitrogens with zero attached hydrogens (tertiary/aromatic N) is 5. The molecular weight excluding hydrogens is 442 g/mol. The van der Waals surface area contributed by atoms with Crippen molar-refractivity contribution in [1.82, 2.24) is 29.6 Å². The van der Waals surface area contributed by atoms with Gasteiger partial charge in [0.25, 0.3) is 5.91 Å². The topological polar surface area (TPSA) is 174 Å². The van der Waals surface area contributed by atoms with Crippen molar-refractivity contribution in [3.63, 3.8) is 0 Å². The zero-order valence-electron chi connectivity index (χ0n) is 19.0. The molecular formula is C22H29N7O5. The molecule has 0 radical (unpaired) electrons. The van der Waals surface area contributed by atoms with Crippen LogP contribution in [-0.2, 0) is 16.6 Å². The Morgan fingerprint density at radius 1 is 1.26 bits per heavy atom. The number of aliphatic hydroxyl groups excluding tert-OH is 2. The molecule has 2 fully saturated rings. The Morgan fingerprint density at radius 3 is 2.68 bits per heavy atom. The predicted octanol–water partition coefficient (Wildman–Crippen LogP) is -0.157. The van der Waals surface area contributed by atoms with E-state index in [2.05, 4.69) is 20.4 Å². The van der Waals surface area contributed by atoms with Crippen LogP contribution in [0.3, 0.4) is 0 Å². The Balaban J connectivity index is 1.42. The van der Waals surface area contributed by atoms with Gasteiger partial charge in [0.1, 0.15) is 30.0 Å². The largest absolute Gasteiger partial charge is 0.390 e. The molecule has 0 unspecified atom stereocenters. The van der Waals surface area contributed by atoms with Crippen molar-refractivity contribution < 1.29 is 24.9 Å². The van der Waals surface area contributed by atoms with E-state index in [1.54, 1.807) is 35.6 Å². The molecule has 3 aromatic heterocycles. The minimum Gasteiger partial charge on any atom is -0.390 e. The number of rotatable bonds is 4. The van der Waals surface area contributed by atoms with E-state index < -0.39 is 36.0 Å². The van der Waals surface area contributed by atoms with Crippen molar-refractivity contribution in [3.05, 3.63) is 24.8 Å². The van der Waals surface area contributed by atoms with Gasteiger partial charge in [0.05, 0.1) is 16.7 Å². The number of ether oxygens (including phenoxy) is 1. The van der Waals surface area contributed by atoms with Crippen molar-refractivity contribution in [2.45, 2.75) is 68.8 Å². The zero-order chi connectivity index (χ0) is 24.2. The number of nitrogens with two attached hydrogens (primary N) is 1. The second kappa shape index (κ2) is 8.31. The number of nitrogens with one attached hydrogen (secondary N) is 1. The van der Waals surface area contributed by atoms with Crippen LogP contribution in [0.1, 0.15) is 38.8 Å². The number of aryl methyl sites for hydroxylation is 1. The first-order valence-corrected chi connectivity index (χ1v) is 11.3. The molecule has 0 spiro atoms. The molecule has 3 aromatic rings. The highest BCUT2D eigenvalue weighted by atomic mass is 16.6. The number of aromatic nitrogens is 5. The van der Waals surface area contributed by atoms with Gasteiger partial charge in [-0.3, -0.25) is 9.48 Å². The maximum atomic E-state index is 12.9. The number of hydrogen-bond donors (Lipinski definition) is 5. The number of fused-ring (bicyclic) bond motifs is 1. The molecule has 0 bridgehead atoms. The fourth-order valence-electron chi connectivity index (χ4n) is 4.83. The lowest BCUT2D eigenvalue weighted by atomic mass is 9.83. The van der Waals surface area contributed by atoms with Crippen LogP contribution in [0.25, 0.3) is 22.3 Å². The normalized spacial score (nSPS) is 31.7. The van der Waals surface area contributed by atoms with Crippen LogP contribution in [0.2, 0.25) is 0 Å². The fraction of sp³-hybridized carbons (Fsp3) is 0.545. The number of carbonyl (C=O) groups is 1. The summed E-state index contributed by atoms with van der Waals surface area (Å²) in [5.74, 6) is -0.268. The van der Waals surface area contributed by atoms with Crippen LogP contribution in [0.15, 0.2) is 24.8 Å². The average Bonchev–Trinajstić information content (AvgIpc) is 3.47. The summed E-state index contributed by atoms with van der Waals surface area (Å²) in [6.45, 7) is 1.78. The van der Waals surface area contributed by atoms with Gasteiger partial charge in [-0.15, -0.1) is 0 Å². The predicted molar refractivity (Wildman–Crippen MR) is 121 cm³/mol. The highest BCUT2D eigenvalue weighted by molar-refractivity contribution is 5.99. The maximum Gasteiger partial charge on any atom is 0.252 e.